The standard InChI is InChI=1S/C30H29B3F2N6OS/c1-4-15(3)21(23-16(8-36)27(37)43-26(23)20(34)5-2)22-19-11-42-10-18(19)17-9-38-28(39-25(17)24(22)35)40-12-29(13-40)6-7-41(14-29)30(31,32)33/h5,9H,4,6-7,10-14,37H2,1-3H3/b20-5+,21-15+. The number of fused-ring (bicyclic) bond motifs is 3. The Bertz CT molecular complexity index is 1750. The maximum absolute atomic E-state index is 17.0. The van der Waals surface area contributed by atoms with Crippen molar-refractivity contribution in [2.45, 2.75) is 52.1 Å². The number of halogens is 2. The van der Waals surface area contributed by atoms with Crippen LogP contribution in [0.2, 0.25) is 0 Å². The molecule has 6 rings (SSSR count). The van der Waals surface area contributed by atoms with Crippen LogP contribution in [0.25, 0.3) is 22.3 Å². The first kappa shape index (κ1) is 29.9. The van der Waals surface area contributed by atoms with Crippen LogP contribution >= 0.6 is 11.3 Å². The van der Waals surface area contributed by atoms with E-state index in [9.17, 15) is 5.26 Å². The maximum Gasteiger partial charge on any atom is 0.226 e. The Morgan fingerprint density at radius 3 is 2.60 bits per heavy atom. The largest absolute Gasteiger partial charge is 0.389 e. The van der Waals surface area contributed by atoms with E-state index in [1.165, 1.54) is 6.08 Å². The van der Waals surface area contributed by atoms with Crippen molar-refractivity contribution in [3.63, 3.8) is 0 Å². The number of aromatic nitrogens is 2. The smallest absolute Gasteiger partial charge is 0.226 e. The lowest BCUT2D eigenvalue weighted by molar-refractivity contribution is 0.134. The molecule has 2 saturated heterocycles. The number of likely N-dealkylation sites (tertiary alicyclic amines) is 1. The lowest BCUT2D eigenvalue weighted by Crippen LogP contribution is -2.60. The first-order chi connectivity index (χ1) is 20.4. The zero-order valence-corrected chi connectivity index (χ0v) is 25.2. The topological polar surface area (TPSA) is 91.3 Å². The van der Waals surface area contributed by atoms with Gasteiger partial charge in [0.1, 0.15) is 22.4 Å². The van der Waals surface area contributed by atoms with E-state index in [0.29, 0.717) is 60.6 Å². The van der Waals surface area contributed by atoms with Crippen LogP contribution in [0.15, 0.2) is 17.8 Å². The molecule has 5 heterocycles. The summed E-state index contributed by atoms with van der Waals surface area (Å²) in [6.07, 6.45) is 4.39. The second kappa shape index (κ2) is 10.8. The number of benzene rings is 1. The monoisotopic (exact) mass is 592 g/mol. The minimum atomic E-state index is -1.37. The van der Waals surface area contributed by atoms with Crippen molar-refractivity contribution in [3.05, 3.63) is 56.4 Å². The van der Waals surface area contributed by atoms with Crippen LogP contribution < -0.4 is 10.6 Å². The Kier molecular flexibility index (Phi) is 7.47. The molecule has 0 amide bonds. The van der Waals surface area contributed by atoms with Crippen molar-refractivity contribution in [1.29, 1.82) is 5.26 Å². The summed E-state index contributed by atoms with van der Waals surface area (Å²) < 4.78 is 38.1. The van der Waals surface area contributed by atoms with Crippen molar-refractivity contribution < 1.29 is 13.5 Å². The first-order valence-corrected chi connectivity index (χ1v) is 15.0. The van der Waals surface area contributed by atoms with Gasteiger partial charge in [-0.1, -0.05) is 23.8 Å². The predicted octanol–water partition coefficient (Wildman–Crippen LogP) is 4.51. The van der Waals surface area contributed by atoms with Gasteiger partial charge in [-0.05, 0) is 49.9 Å². The van der Waals surface area contributed by atoms with Crippen LogP contribution in [0.1, 0.15) is 66.3 Å². The fraction of sp³-hybridized carbons (Fsp3) is 0.433. The van der Waals surface area contributed by atoms with Gasteiger partial charge in [-0.25, -0.2) is 18.7 Å². The Hall–Kier alpha value is -3.20. The van der Waals surface area contributed by atoms with Gasteiger partial charge in [0.15, 0.2) is 5.82 Å². The zero-order chi connectivity index (χ0) is 30.8. The van der Waals surface area contributed by atoms with Crippen LogP contribution in [0.5, 0.6) is 0 Å². The number of anilines is 2. The van der Waals surface area contributed by atoms with E-state index < -0.39 is 16.9 Å². The highest BCUT2D eigenvalue weighted by atomic mass is 32.1. The minimum Gasteiger partial charge on any atom is -0.389 e. The Labute approximate surface area is 258 Å². The van der Waals surface area contributed by atoms with Crippen molar-refractivity contribution in [2.24, 2.45) is 5.41 Å². The fourth-order valence-corrected chi connectivity index (χ4v) is 7.56. The molecule has 3 aliphatic rings. The van der Waals surface area contributed by atoms with E-state index in [4.69, 9.17) is 39.0 Å². The number of thiophene rings is 1. The second-order valence-corrected chi connectivity index (χ2v) is 12.8. The number of nitriles is 1. The highest BCUT2D eigenvalue weighted by Gasteiger charge is 2.50. The van der Waals surface area contributed by atoms with Gasteiger partial charge in [-0.2, -0.15) is 5.26 Å². The van der Waals surface area contributed by atoms with Crippen LogP contribution in [0, 0.1) is 22.6 Å². The molecule has 0 bridgehead atoms. The van der Waals surface area contributed by atoms with Gasteiger partial charge in [-0.3, -0.25) is 0 Å². The predicted molar refractivity (Wildman–Crippen MR) is 169 cm³/mol. The summed E-state index contributed by atoms with van der Waals surface area (Å²) >= 11 is 0.984. The van der Waals surface area contributed by atoms with Crippen molar-refractivity contribution in [2.75, 3.05) is 36.8 Å². The Balaban J connectivity index is 1.49. The first-order valence-electron chi connectivity index (χ1n) is 14.2. The molecule has 1 aromatic carbocycles. The lowest BCUT2D eigenvalue weighted by atomic mass is 9.48. The molecule has 3 aliphatic heterocycles. The number of allylic oxidation sites excluding steroid dienone is 2. The van der Waals surface area contributed by atoms with Gasteiger partial charge in [0.2, 0.25) is 5.95 Å². The molecule has 7 nitrogen and oxygen atoms in total. The van der Waals surface area contributed by atoms with E-state index in [1.54, 1.807) is 13.1 Å². The third kappa shape index (κ3) is 4.79. The van der Waals surface area contributed by atoms with Crippen LogP contribution in [0.4, 0.5) is 19.7 Å². The average molecular weight is 592 g/mol. The van der Waals surface area contributed by atoms with Gasteiger partial charge in [0, 0.05) is 47.8 Å². The van der Waals surface area contributed by atoms with Crippen LogP contribution in [0.3, 0.4) is 0 Å². The van der Waals surface area contributed by atoms with Crippen molar-refractivity contribution in [1.82, 2.24) is 14.9 Å². The van der Waals surface area contributed by atoms with Gasteiger partial charge in [0.25, 0.3) is 0 Å². The molecular weight excluding hydrogens is 563 g/mol. The molecule has 2 N–H and O–H groups in total. The molecule has 0 aliphatic carbocycles. The fourth-order valence-electron chi connectivity index (χ4n) is 6.57. The number of hydrogen-bond donors (Lipinski definition) is 1. The number of hydrogen-bond acceptors (Lipinski definition) is 8. The van der Waals surface area contributed by atoms with E-state index in [-0.39, 0.29) is 45.2 Å². The summed E-state index contributed by atoms with van der Waals surface area (Å²) in [5.74, 6) is -0.676. The molecule has 13 heteroatoms. The molecule has 3 aromatic rings. The Morgan fingerprint density at radius 2 is 1.98 bits per heavy atom. The van der Waals surface area contributed by atoms with Gasteiger partial charge >= 0.3 is 0 Å². The molecule has 43 heavy (non-hydrogen) atoms. The summed E-state index contributed by atoms with van der Waals surface area (Å²) in [5.41, 5.74) is 9.68. The number of rotatable bonds is 6. The van der Waals surface area contributed by atoms with E-state index >= 15 is 8.78 Å². The molecule has 2 aromatic heterocycles. The zero-order valence-electron chi connectivity index (χ0n) is 24.4. The van der Waals surface area contributed by atoms with Gasteiger partial charge < -0.3 is 20.3 Å². The van der Waals surface area contributed by atoms with Crippen molar-refractivity contribution in [3.8, 4) is 6.07 Å². The molecule has 0 unspecified atom stereocenters. The van der Waals surface area contributed by atoms with E-state index in [2.05, 4.69) is 11.1 Å². The van der Waals surface area contributed by atoms with E-state index in [1.807, 2.05) is 23.6 Å². The quantitative estimate of drug-likeness (QED) is 0.422. The molecule has 1 spiro atoms. The molecular formula is C30H29B3F2N6OS. The second-order valence-electron chi connectivity index (χ2n) is 11.8. The maximum atomic E-state index is 17.0. The molecule has 2 fully saturated rings. The molecule has 6 radical (unpaired) electrons. The summed E-state index contributed by atoms with van der Waals surface area (Å²) in [5, 5.41) is 9.45. The van der Waals surface area contributed by atoms with E-state index in [0.717, 1.165) is 28.9 Å². The Morgan fingerprint density at radius 1 is 1.26 bits per heavy atom. The summed E-state index contributed by atoms with van der Waals surface area (Å²) in [4.78, 5) is 13.4. The highest BCUT2D eigenvalue weighted by Crippen LogP contribution is 2.48. The number of nitrogen functional groups attached to an aromatic ring is 1. The molecule has 0 saturated carbocycles. The summed E-state index contributed by atoms with van der Waals surface area (Å²) in [7, 11) is 17.7. The number of nitrogens with two attached hydrogens (primary N) is 1. The number of ether oxygens (including phenoxy) is 1. The van der Waals surface area contributed by atoms with Gasteiger partial charge in [0.05, 0.1) is 47.2 Å². The number of nitrogens with zero attached hydrogens (tertiary/aromatic N) is 5. The van der Waals surface area contributed by atoms with Crippen LogP contribution in [-0.2, 0) is 18.0 Å². The normalized spacial score (nSPS) is 19.1. The third-order valence-corrected chi connectivity index (χ3v) is 10.0. The third-order valence-electron chi connectivity index (χ3n) is 8.98. The van der Waals surface area contributed by atoms with Crippen molar-refractivity contribution >= 4 is 68.1 Å². The summed E-state index contributed by atoms with van der Waals surface area (Å²) in [6.45, 7) is 8.48. The molecule has 0 atom stereocenters. The highest BCUT2D eigenvalue weighted by molar-refractivity contribution is 7.17. The average Bonchev–Trinajstić information content (AvgIpc) is 3.70. The molecule has 214 valence electrons. The van der Waals surface area contributed by atoms with Crippen LogP contribution in [-0.4, -0.2) is 69.8 Å². The SMILES string of the molecule is [B]C([B])([B])N1CCC2(CN(c3ncc4c5c(c(/C(=C(/C)CC)c6c(/C(F)=C\C)sc(N)c6C#N)c(F)c4n3)COC5)C2)C1. The summed E-state index contributed by atoms with van der Waals surface area (Å²) in [6, 6.07) is 2.14. The minimum absolute atomic E-state index is 0.0366. The lowest BCUT2D eigenvalue weighted by Gasteiger charge is -2.49. The van der Waals surface area contributed by atoms with Gasteiger partial charge in [-0.15, -0.1) is 11.3 Å².